The SMILES string of the molecule is CC(CC(=O)O)NC(=O)CCOCc1ccccc1. The van der Waals surface area contributed by atoms with Gasteiger partial charge in [-0.2, -0.15) is 0 Å². The van der Waals surface area contributed by atoms with Crippen molar-refractivity contribution in [3.05, 3.63) is 35.9 Å². The Kier molecular flexibility index (Phi) is 6.60. The van der Waals surface area contributed by atoms with E-state index in [2.05, 4.69) is 5.32 Å². The van der Waals surface area contributed by atoms with Gasteiger partial charge in [0.15, 0.2) is 0 Å². The summed E-state index contributed by atoms with van der Waals surface area (Å²) in [6.07, 6.45) is 0.160. The highest BCUT2D eigenvalue weighted by molar-refractivity contribution is 5.77. The molecule has 5 nitrogen and oxygen atoms in total. The lowest BCUT2D eigenvalue weighted by Gasteiger charge is -2.11. The van der Waals surface area contributed by atoms with Crippen molar-refractivity contribution in [1.82, 2.24) is 5.32 Å². The topological polar surface area (TPSA) is 75.6 Å². The summed E-state index contributed by atoms with van der Waals surface area (Å²) in [5.41, 5.74) is 1.06. The van der Waals surface area contributed by atoms with Crippen LogP contribution >= 0.6 is 0 Å². The minimum atomic E-state index is -0.923. The molecule has 1 atom stereocenters. The quantitative estimate of drug-likeness (QED) is 0.700. The number of aliphatic carboxylic acids is 1. The summed E-state index contributed by atoms with van der Waals surface area (Å²) in [7, 11) is 0. The van der Waals surface area contributed by atoms with E-state index in [0.29, 0.717) is 13.2 Å². The number of hydrogen-bond acceptors (Lipinski definition) is 3. The van der Waals surface area contributed by atoms with Crippen LogP contribution in [-0.2, 0) is 20.9 Å². The zero-order valence-electron chi connectivity index (χ0n) is 11.0. The fraction of sp³-hybridized carbons (Fsp3) is 0.429. The van der Waals surface area contributed by atoms with Crippen molar-refractivity contribution >= 4 is 11.9 Å². The Morgan fingerprint density at radius 3 is 2.63 bits per heavy atom. The summed E-state index contributed by atoms with van der Waals surface area (Å²) < 4.78 is 5.38. The van der Waals surface area contributed by atoms with Crippen molar-refractivity contribution in [2.75, 3.05) is 6.61 Å². The second kappa shape index (κ2) is 8.26. The number of benzene rings is 1. The third-order valence-electron chi connectivity index (χ3n) is 2.47. The van der Waals surface area contributed by atoms with E-state index < -0.39 is 5.97 Å². The van der Waals surface area contributed by atoms with Crippen molar-refractivity contribution in [3.8, 4) is 0 Å². The largest absolute Gasteiger partial charge is 0.481 e. The van der Waals surface area contributed by atoms with Gasteiger partial charge in [-0.25, -0.2) is 0 Å². The van der Waals surface area contributed by atoms with E-state index in [-0.39, 0.29) is 24.8 Å². The number of ether oxygens (including phenoxy) is 1. The minimum Gasteiger partial charge on any atom is -0.481 e. The van der Waals surface area contributed by atoms with E-state index in [1.807, 2.05) is 30.3 Å². The van der Waals surface area contributed by atoms with Crippen LogP contribution in [0.3, 0.4) is 0 Å². The van der Waals surface area contributed by atoms with Crippen molar-refractivity contribution in [2.24, 2.45) is 0 Å². The maximum Gasteiger partial charge on any atom is 0.305 e. The van der Waals surface area contributed by atoms with Crippen LogP contribution in [0.1, 0.15) is 25.3 Å². The summed E-state index contributed by atoms with van der Waals surface area (Å²) in [4.78, 5) is 21.9. The fourth-order valence-electron chi connectivity index (χ4n) is 1.59. The second-order valence-corrected chi connectivity index (χ2v) is 4.35. The van der Waals surface area contributed by atoms with Gasteiger partial charge in [-0.05, 0) is 12.5 Å². The predicted octanol–water partition coefficient (Wildman–Crippen LogP) is 1.57. The van der Waals surface area contributed by atoms with Gasteiger partial charge in [0.05, 0.1) is 19.6 Å². The number of carbonyl (C=O) groups is 2. The average molecular weight is 265 g/mol. The molecule has 19 heavy (non-hydrogen) atoms. The van der Waals surface area contributed by atoms with Crippen LogP contribution in [0.5, 0.6) is 0 Å². The normalized spacial score (nSPS) is 11.8. The molecule has 0 aromatic heterocycles. The highest BCUT2D eigenvalue weighted by Gasteiger charge is 2.10. The lowest BCUT2D eigenvalue weighted by Crippen LogP contribution is -2.34. The number of carboxylic acids is 1. The first kappa shape index (κ1) is 15.2. The molecule has 2 N–H and O–H groups in total. The molecule has 0 saturated heterocycles. The molecule has 0 aliphatic heterocycles. The molecule has 0 bridgehead atoms. The third-order valence-corrected chi connectivity index (χ3v) is 2.47. The predicted molar refractivity (Wildman–Crippen MR) is 70.6 cm³/mol. The van der Waals surface area contributed by atoms with E-state index in [1.165, 1.54) is 0 Å². The molecule has 1 unspecified atom stereocenters. The minimum absolute atomic E-state index is 0.0728. The Morgan fingerprint density at radius 1 is 1.32 bits per heavy atom. The Morgan fingerprint density at radius 2 is 2.00 bits per heavy atom. The molecule has 1 aromatic carbocycles. The number of rotatable bonds is 8. The van der Waals surface area contributed by atoms with Gasteiger partial charge >= 0.3 is 5.97 Å². The molecule has 0 heterocycles. The monoisotopic (exact) mass is 265 g/mol. The summed E-state index contributed by atoms with van der Waals surface area (Å²) in [6.45, 7) is 2.45. The molecule has 0 fully saturated rings. The van der Waals surface area contributed by atoms with Crippen LogP contribution in [0.25, 0.3) is 0 Å². The highest BCUT2D eigenvalue weighted by Crippen LogP contribution is 2.01. The van der Waals surface area contributed by atoms with Gasteiger partial charge in [-0.15, -0.1) is 0 Å². The van der Waals surface area contributed by atoms with Crippen molar-refractivity contribution in [3.63, 3.8) is 0 Å². The van der Waals surface area contributed by atoms with Crippen LogP contribution in [-0.4, -0.2) is 29.6 Å². The molecule has 104 valence electrons. The smallest absolute Gasteiger partial charge is 0.305 e. The Bertz CT molecular complexity index is 405. The highest BCUT2D eigenvalue weighted by atomic mass is 16.5. The summed E-state index contributed by atoms with van der Waals surface area (Å²) >= 11 is 0. The van der Waals surface area contributed by atoms with Gasteiger partial charge in [0, 0.05) is 12.5 Å². The number of nitrogens with one attached hydrogen (secondary N) is 1. The third kappa shape index (κ3) is 7.21. The number of carboxylic acid groups (broad SMARTS) is 1. The first-order valence-corrected chi connectivity index (χ1v) is 6.20. The zero-order chi connectivity index (χ0) is 14.1. The number of amides is 1. The Balaban J connectivity index is 2.12. The van der Waals surface area contributed by atoms with E-state index >= 15 is 0 Å². The lowest BCUT2D eigenvalue weighted by atomic mass is 10.2. The van der Waals surface area contributed by atoms with Crippen molar-refractivity contribution in [1.29, 1.82) is 0 Å². The molecule has 0 aliphatic rings. The molecule has 5 heteroatoms. The van der Waals surface area contributed by atoms with E-state index in [0.717, 1.165) is 5.56 Å². The fourth-order valence-corrected chi connectivity index (χ4v) is 1.59. The van der Waals surface area contributed by atoms with Gasteiger partial charge in [-0.3, -0.25) is 9.59 Å². The van der Waals surface area contributed by atoms with Gasteiger partial charge in [0.25, 0.3) is 0 Å². The molecular formula is C14H19NO4. The van der Waals surface area contributed by atoms with Crippen molar-refractivity contribution < 1.29 is 19.4 Å². The number of carbonyl (C=O) groups excluding carboxylic acids is 1. The van der Waals surface area contributed by atoms with E-state index in [1.54, 1.807) is 6.92 Å². The first-order valence-electron chi connectivity index (χ1n) is 6.20. The van der Waals surface area contributed by atoms with Crippen LogP contribution in [0.4, 0.5) is 0 Å². The average Bonchev–Trinajstić information content (AvgIpc) is 2.35. The van der Waals surface area contributed by atoms with Crippen LogP contribution in [0, 0.1) is 0 Å². The van der Waals surface area contributed by atoms with E-state index in [9.17, 15) is 9.59 Å². The lowest BCUT2D eigenvalue weighted by molar-refractivity contribution is -0.137. The molecule has 0 spiro atoms. The molecular weight excluding hydrogens is 246 g/mol. The Labute approximate surface area is 112 Å². The first-order chi connectivity index (χ1) is 9.08. The van der Waals surface area contributed by atoms with Crippen LogP contribution in [0.2, 0.25) is 0 Å². The zero-order valence-corrected chi connectivity index (χ0v) is 11.0. The van der Waals surface area contributed by atoms with Crippen molar-refractivity contribution in [2.45, 2.75) is 32.4 Å². The van der Waals surface area contributed by atoms with Gasteiger partial charge < -0.3 is 15.2 Å². The Hall–Kier alpha value is -1.88. The maximum absolute atomic E-state index is 11.5. The molecule has 1 aromatic rings. The van der Waals surface area contributed by atoms with Gasteiger partial charge in [-0.1, -0.05) is 30.3 Å². The molecule has 0 radical (unpaired) electrons. The summed E-state index contributed by atoms with van der Waals surface area (Å²) in [6, 6.07) is 9.34. The molecule has 0 saturated carbocycles. The van der Waals surface area contributed by atoms with E-state index in [4.69, 9.17) is 9.84 Å². The summed E-state index contributed by atoms with van der Waals surface area (Å²) in [5.74, 6) is -1.12. The summed E-state index contributed by atoms with van der Waals surface area (Å²) in [5, 5.41) is 11.2. The number of hydrogen-bond donors (Lipinski definition) is 2. The standard InChI is InChI=1S/C14H19NO4/c1-11(9-14(17)18)15-13(16)7-8-19-10-12-5-3-2-4-6-12/h2-6,11H,7-10H2,1H3,(H,15,16)(H,17,18). The molecule has 1 rings (SSSR count). The van der Waals surface area contributed by atoms with Gasteiger partial charge in [0.1, 0.15) is 0 Å². The molecule has 0 aliphatic carbocycles. The van der Waals surface area contributed by atoms with Crippen LogP contribution in [0.15, 0.2) is 30.3 Å². The molecule has 1 amide bonds. The van der Waals surface area contributed by atoms with Gasteiger partial charge in [0.2, 0.25) is 5.91 Å². The van der Waals surface area contributed by atoms with Crippen LogP contribution < -0.4 is 5.32 Å². The maximum atomic E-state index is 11.5. The second-order valence-electron chi connectivity index (χ2n) is 4.35.